The van der Waals surface area contributed by atoms with Gasteiger partial charge in [-0.25, -0.2) is 9.18 Å². The maximum Gasteiger partial charge on any atom is 0.335 e. The molecule has 0 aromatic heterocycles. The first-order valence-corrected chi connectivity index (χ1v) is 7.49. The number of aromatic carboxylic acids is 1. The summed E-state index contributed by atoms with van der Waals surface area (Å²) in [4.78, 5) is 22.5. The van der Waals surface area contributed by atoms with Gasteiger partial charge in [-0.2, -0.15) is 0 Å². The topological polar surface area (TPSA) is 78.4 Å². The Morgan fingerprint density at radius 1 is 1.17 bits per heavy atom. The third kappa shape index (κ3) is 4.07. The lowest BCUT2D eigenvalue weighted by atomic mass is 10.1. The summed E-state index contributed by atoms with van der Waals surface area (Å²) in [6.45, 7) is 0.272. The van der Waals surface area contributed by atoms with Gasteiger partial charge in [0.05, 0.1) is 11.3 Å². The van der Waals surface area contributed by atoms with Crippen LogP contribution in [0.1, 0.15) is 26.3 Å². The summed E-state index contributed by atoms with van der Waals surface area (Å²) >= 11 is 3.30. The lowest BCUT2D eigenvalue weighted by Gasteiger charge is -2.11. The molecule has 0 heterocycles. The second-order valence-corrected chi connectivity index (χ2v) is 5.59. The first kappa shape index (κ1) is 17.0. The summed E-state index contributed by atoms with van der Waals surface area (Å²) in [6, 6.07) is 8.64. The highest BCUT2D eigenvalue weighted by molar-refractivity contribution is 9.10. The van der Waals surface area contributed by atoms with Crippen molar-refractivity contribution in [2.45, 2.75) is 6.54 Å². The number of carboxylic acids is 1. The zero-order valence-electron chi connectivity index (χ0n) is 12.2. The summed E-state index contributed by atoms with van der Waals surface area (Å²) in [5.74, 6) is -1.80. The van der Waals surface area contributed by atoms with Crippen LogP contribution in [0.3, 0.4) is 0 Å². The highest BCUT2D eigenvalue weighted by Gasteiger charge is 2.10. The Balaban J connectivity index is 2.17. The number of carbonyl (C=O) groups excluding carboxylic acids is 1. The second kappa shape index (κ2) is 7.23. The van der Waals surface area contributed by atoms with Crippen LogP contribution in [-0.2, 0) is 6.54 Å². The van der Waals surface area contributed by atoms with Gasteiger partial charge in [0, 0.05) is 23.6 Å². The van der Waals surface area contributed by atoms with Crippen molar-refractivity contribution in [3.05, 3.63) is 63.4 Å². The van der Waals surface area contributed by atoms with Gasteiger partial charge in [-0.1, -0.05) is 22.0 Å². The van der Waals surface area contributed by atoms with Crippen molar-refractivity contribution in [1.82, 2.24) is 5.32 Å². The van der Waals surface area contributed by atoms with E-state index in [0.717, 1.165) is 5.56 Å². The quantitative estimate of drug-likeness (QED) is 0.743. The lowest BCUT2D eigenvalue weighted by molar-refractivity contribution is 0.0696. The van der Waals surface area contributed by atoms with Gasteiger partial charge in [0.2, 0.25) is 0 Å². The normalized spacial score (nSPS) is 10.2. The van der Waals surface area contributed by atoms with E-state index in [2.05, 4.69) is 26.6 Å². The average molecular weight is 381 g/mol. The van der Waals surface area contributed by atoms with Crippen LogP contribution >= 0.6 is 15.9 Å². The van der Waals surface area contributed by atoms with Gasteiger partial charge in [0.15, 0.2) is 0 Å². The van der Waals surface area contributed by atoms with Gasteiger partial charge in [-0.15, -0.1) is 0 Å². The van der Waals surface area contributed by atoms with Crippen molar-refractivity contribution in [3.63, 3.8) is 0 Å². The van der Waals surface area contributed by atoms with Gasteiger partial charge in [0.1, 0.15) is 5.82 Å². The minimum Gasteiger partial charge on any atom is -0.478 e. The van der Waals surface area contributed by atoms with Gasteiger partial charge < -0.3 is 15.7 Å². The molecule has 0 radical (unpaired) electrons. The van der Waals surface area contributed by atoms with Gasteiger partial charge >= 0.3 is 5.97 Å². The summed E-state index contributed by atoms with van der Waals surface area (Å²) < 4.78 is 14.4. The Morgan fingerprint density at radius 2 is 1.87 bits per heavy atom. The molecule has 7 heteroatoms. The molecule has 0 aliphatic carbocycles. The zero-order valence-corrected chi connectivity index (χ0v) is 13.8. The monoisotopic (exact) mass is 380 g/mol. The molecular weight excluding hydrogens is 367 g/mol. The molecule has 2 aromatic carbocycles. The number of carboxylic acid groups (broad SMARTS) is 1. The summed E-state index contributed by atoms with van der Waals surface area (Å²) in [6.07, 6.45) is 0. The SMILES string of the molecule is CNC(=O)c1ccc(F)c(NCc2ccc(C(=O)O)cc2Br)c1. The standard InChI is InChI=1S/C16H14BrFN2O3/c1-19-15(21)9-4-5-13(18)14(7-9)20-8-11-3-2-10(16(22)23)6-12(11)17/h2-7,20H,8H2,1H3,(H,19,21)(H,22,23). The minimum atomic E-state index is -1.02. The van der Waals surface area contributed by atoms with Crippen LogP contribution in [-0.4, -0.2) is 24.0 Å². The molecular formula is C16H14BrFN2O3. The highest BCUT2D eigenvalue weighted by Crippen LogP contribution is 2.22. The Hall–Kier alpha value is -2.41. The number of hydrogen-bond acceptors (Lipinski definition) is 3. The third-order valence-corrected chi connectivity index (χ3v) is 3.96. The Bertz CT molecular complexity index is 765. The largest absolute Gasteiger partial charge is 0.478 e. The van der Waals surface area contributed by atoms with Gasteiger partial charge in [-0.05, 0) is 35.9 Å². The Morgan fingerprint density at radius 3 is 2.48 bits per heavy atom. The van der Waals surface area contributed by atoms with E-state index in [4.69, 9.17) is 5.11 Å². The van der Waals surface area contributed by atoms with Crippen LogP contribution in [0.25, 0.3) is 0 Å². The Labute approximate surface area is 140 Å². The van der Waals surface area contributed by atoms with E-state index < -0.39 is 11.8 Å². The average Bonchev–Trinajstić information content (AvgIpc) is 2.54. The smallest absolute Gasteiger partial charge is 0.335 e. The van der Waals surface area contributed by atoms with Crippen LogP contribution in [0, 0.1) is 5.82 Å². The molecule has 120 valence electrons. The molecule has 1 amide bonds. The number of rotatable bonds is 5. The number of benzene rings is 2. The molecule has 0 aliphatic heterocycles. The maximum atomic E-state index is 13.8. The molecule has 0 fully saturated rings. The summed E-state index contributed by atoms with van der Waals surface area (Å²) in [5.41, 5.74) is 1.46. The zero-order chi connectivity index (χ0) is 17.0. The molecule has 0 saturated heterocycles. The molecule has 3 N–H and O–H groups in total. The van der Waals surface area contributed by atoms with E-state index in [-0.39, 0.29) is 23.7 Å². The van der Waals surface area contributed by atoms with Crippen LogP contribution in [0.4, 0.5) is 10.1 Å². The molecule has 2 rings (SSSR count). The number of nitrogens with one attached hydrogen (secondary N) is 2. The fourth-order valence-electron chi connectivity index (χ4n) is 1.96. The predicted molar refractivity (Wildman–Crippen MR) is 88.2 cm³/mol. The van der Waals surface area contributed by atoms with Gasteiger partial charge in [-0.3, -0.25) is 4.79 Å². The first-order chi connectivity index (χ1) is 10.9. The van der Waals surface area contributed by atoms with E-state index in [1.165, 1.54) is 37.4 Å². The first-order valence-electron chi connectivity index (χ1n) is 6.69. The van der Waals surface area contributed by atoms with E-state index in [9.17, 15) is 14.0 Å². The molecule has 0 saturated carbocycles. The van der Waals surface area contributed by atoms with E-state index in [1.807, 2.05) is 0 Å². The molecule has 0 aliphatic rings. The summed E-state index contributed by atoms with van der Waals surface area (Å²) in [5, 5.41) is 14.3. The van der Waals surface area contributed by atoms with Crippen molar-refractivity contribution in [2.75, 3.05) is 12.4 Å². The molecule has 0 spiro atoms. The maximum absolute atomic E-state index is 13.8. The molecule has 0 atom stereocenters. The minimum absolute atomic E-state index is 0.161. The molecule has 23 heavy (non-hydrogen) atoms. The number of carbonyl (C=O) groups is 2. The molecule has 2 aromatic rings. The summed E-state index contributed by atoms with van der Waals surface area (Å²) in [7, 11) is 1.50. The second-order valence-electron chi connectivity index (χ2n) is 4.74. The molecule has 0 bridgehead atoms. The molecule has 0 unspecified atom stereocenters. The van der Waals surface area contributed by atoms with Crippen LogP contribution in [0.15, 0.2) is 40.9 Å². The van der Waals surface area contributed by atoms with Crippen molar-refractivity contribution >= 4 is 33.5 Å². The number of halogens is 2. The molecule has 5 nitrogen and oxygen atoms in total. The van der Waals surface area contributed by atoms with Crippen molar-refractivity contribution in [2.24, 2.45) is 0 Å². The van der Waals surface area contributed by atoms with Crippen LogP contribution in [0.2, 0.25) is 0 Å². The van der Waals surface area contributed by atoms with E-state index >= 15 is 0 Å². The van der Waals surface area contributed by atoms with E-state index in [1.54, 1.807) is 6.07 Å². The van der Waals surface area contributed by atoms with Crippen LogP contribution in [0.5, 0.6) is 0 Å². The van der Waals surface area contributed by atoms with Gasteiger partial charge in [0.25, 0.3) is 5.91 Å². The van der Waals surface area contributed by atoms with Crippen molar-refractivity contribution in [3.8, 4) is 0 Å². The lowest BCUT2D eigenvalue weighted by Crippen LogP contribution is -2.18. The Kier molecular flexibility index (Phi) is 5.33. The van der Waals surface area contributed by atoms with Crippen molar-refractivity contribution < 1.29 is 19.1 Å². The predicted octanol–water partition coefficient (Wildman–Crippen LogP) is 3.26. The number of hydrogen-bond donors (Lipinski definition) is 3. The van der Waals surface area contributed by atoms with E-state index in [0.29, 0.717) is 10.0 Å². The fraction of sp³-hybridized carbons (Fsp3) is 0.125. The number of anilines is 1. The number of amides is 1. The fourth-order valence-corrected chi connectivity index (χ4v) is 2.48. The third-order valence-electron chi connectivity index (χ3n) is 3.22. The highest BCUT2D eigenvalue weighted by atomic mass is 79.9. The van der Waals surface area contributed by atoms with Crippen molar-refractivity contribution in [1.29, 1.82) is 0 Å². The van der Waals surface area contributed by atoms with Crippen LogP contribution < -0.4 is 10.6 Å².